The van der Waals surface area contributed by atoms with Crippen LogP contribution in [0.5, 0.6) is 0 Å². The number of carbonyl (C=O) groups excluding carboxylic acids is 1. The summed E-state index contributed by atoms with van der Waals surface area (Å²) in [5, 5.41) is 0. The number of ketones is 1. The Morgan fingerprint density at radius 1 is 1.30 bits per heavy atom. The van der Waals surface area contributed by atoms with Gasteiger partial charge in [-0.3, -0.25) is 4.79 Å². The number of fused-ring (bicyclic) bond motifs is 1. The van der Waals surface area contributed by atoms with Crippen LogP contribution in [0.1, 0.15) is 35.7 Å². The molecule has 3 aromatic rings. The Morgan fingerprint density at radius 2 is 2.04 bits per heavy atom. The minimum atomic E-state index is -2.59. The van der Waals surface area contributed by atoms with Crippen LogP contribution in [-0.2, 0) is 7.05 Å². The Labute approximate surface area is 131 Å². The number of carbonyl (C=O) groups is 1. The van der Waals surface area contributed by atoms with E-state index in [0.29, 0.717) is 34.5 Å². The van der Waals surface area contributed by atoms with E-state index >= 15 is 0 Å². The predicted octanol–water partition coefficient (Wildman–Crippen LogP) is 4.17. The highest BCUT2D eigenvalue weighted by molar-refractivity contribution is 6.02. The molecule has 0 atom stereocenters. The summed E-state index contributed by atoms with van der Waals surface area (Å²) in [6.45, 7) is 1.80. The topological polar surface area (TPSA) is 47.8 Å². The van der Waals surface area contributed by atoms with Crippen LogP contribution in [0.2, 0.25) is 0 Å². The van der Waals surface area contributed by atoms with Gasteiger partial charge >= 0.3 is 0 Å². The molecule has 0 bridgehead atoms. The van der Waals surface area contributed by atoms with Crippen LogP contribution in [0.3, 0.4) is 0 Å². The van der Waals surface area contributed by atoms with Crippen LogP contribution < -0.4 is 0 Å². The number of pyridine rings is 1. The molecule has 2 heterocycles. The first kappa shape index (κ1) is 15.3. The second-order valence-corrected chi connectivity index (χ2v) is 5.23. The standard InChI is InChI=1S/C17H15F2N3O/c1-3-14(23)11-6-4-5-7-12(11)16-21-13-8-10(15(18)19)9-20-17(13)22(16)2/h4-9,15H,3H2,1-2H3. The third-order valence-electron chi connectivity index (χ3n) is 3.77. The number of rotatable bonds is 4. The zero-order chi connectivity index (χ0) is 16.6. The Morgan fingerprint density at radius 3 is 2.74 bits per heavy atom. The summed E-state index contributed by atoms with van der Waals surface area (Å²) in [6, 6.07) is 8.50. The van der Waals surface area contributed by atoms with Gasteiger partial charge in [0.05, 0.1) is 0 Å². The van der Waals surface area contributed by atoms with Gasteiger partial charge in [-0.25, -0.2) is 18.7 Å². The summed E-state index contributed by atoms with van der Waals surface area (Å²) in [6.07, 6.45) is -1.05. The van der Waals surface area contributed by atoms with Crippen molar-refractivity contribution in [2.24, 2.45) is 7.05 Å². The SMILES string of the molecule is CCC(=O)c1ccccc1-c1nc2cc(C(F)F)cnc2n1C. The zero-order valence-corrected chi connectivity index (χ0v) is 12.8. The molecule has 2 aromatic heterocycles. The number of aromatic nitrogens is 3. The van der Waals surface area contributed by atoms with E-state index in [1.807, 2.05) is 6.07 Å². The molecule has 3 rings (SSSR count). The van der Waals surface area contributed by atoms with Crippen molar-refractivity contribution in [1.82, 2.24) is 14.5 Å². The molecule has 23 heavy (non-hydrogen) atoms. The molecule has 0 fully saturated rings. The molecule has 0 saturated carbocycles. The van der Waals surface area contributed by atoms with Gasteiger partial charge in [0, 0.05) is 36.4 Å². The van der Waals surface area contributed by atoms with Crippen molar-refractivity contribution in [2.45, 2.75) is 19.8 Å². The fraction of sp³-hybridized carbons (Fsp3) is 0.235. The molecule has 0 unspecified atom stereocenters. The Kier molecular flexibility index (Phi) is 3.90. The van der Waals surface area contributed by atoms with Crippen LogP contribution >= 0.6 is 0 Å². The molecule has 0 N–H and O–H groups in total. The average Bonchev–Trinajstić information content (AvgIpc) is 2.90. The average molecular weight is 315 g/mol. The summed E-state index contributed by atoms with van der Waals surface area (Å²) in [4.78, 5) is 20.6. The number of halogens is 2. The van der Waals surface area contributed by atoms with E-state index in [1.54, 1.807) is 36.7 Å². The first-order valence-corrected chi connectivity index (χ1v) is 7.26. The van der Waals surface area contributed by atoms with Crippen molar-refractivity contribution in [3.63, 3.8) is 0 Å². The van der Waals surface area contributed by atoms with Gasteiger partial charge < -0.3 is 4.57 Å². The van der Waals surface area contributed by atoms with E-state index in [4.69, 9.17) is 0 Å². The smallest absolute Gasteiger partial charge is 0.265 e. The summed E-state index contributed by atoms with van der Waals surface area (Å²) in [7, 11) is 1.76. The second kappa shape index (κ2) is 5.87. The molecule has 118 valence electrons. The number of nitrogens with zero attached hydrogens (tertiary/aromatic N) is 3. The van der Waals surface area contributed by atoms with Gasteiger partial charge in [0.25, 0.3) is 6.43 Å². The highest BCUT2D eigenvalue weighted by atomic mass is 19.3. The number of Topliss-reactive ketones (excluding diaryl/α,β-unsaturated/α-hetero) is 1. The van der Waals surface area contributed by atoms with Gasteiger partial charge in [0.2, 0.25) is 0 Å². The molecular weight excluding hydrogens is 300 g/mol. The first-order chi connectivity index (χ1) is 11.0. The molecule has 4 nitrogen and oxygen atoms in total. The number of benzene rings is 1. The third-order valence-corrected chi connectivity index (χ3v) is 3.77. The maximum Gasteiger partial charge on any atom is 0.265 e. The number of alkyl halides is 2. The first-order valence-electron chi connectivity index (χ1n) is 7.26. The van der Waals surface area contributed by atoms with Crippen LogP contribution in [0.15, 0.2) is 36.5 Å². The van der Waals surface area contributed by atoms with Gasteiger partial charge in [0.1, 0.15) is 11.3 Å². The Bertz CT molecular complexity index is 887. The van der Waals surface area contributed by atoms with E-state index in [-0.39, 0.29) is 11.3 Å². The second-order valence-electron chi connectivity index (χ2n) is 5.23. The van der Waals surface area contributed by atoms with E-state index in [0.717, 1.165) is 6.20 Å². The highest BCUT2D eigenvalue weighted by Gasteiger charge is 2.18. The molecule has 0 aliphatic heterocycles. The lowest BCUT2D eigenvalue weighted by molar-refractivity contribution is 0.0988. The van der Waals surface area contributed by atoms with Crippen LogP contribution in [0, 0.1) is 0 Å². The number of imidazole rings is 1. The molecule has 0 amide bonds. The lowest BCUT2D eigenvalue weighted by atomic mass is 10.0. The fourth-order valence-electron chi connectivity index (χ4n) is 2.56. The lowest BCUT2D eigenvalue weighted by Gasteiger charge is -2.07. The normalized spacial score (nSPS) is 11.3. The quantitative estimate of drug-likeness (QED) is 0.679. The van der Waals surface area contributed by atoms with Crippen molar-refractivity contribution >= 4 is 16.9 Å². The molecule has 1 aromatic carbocycles. The summed E-state index contributed by atoms with van der Waals surface area (Å²) < 4.78 is 27.4. The van der Waals surface area contributed by atoms with Crippen molar-refractivity contribution in [3.05, 3.63) is 47.7 Å². The summed E-state index contributed by atoms with van der Waals surface area (Å²) >= 11 is 0. The number of hydrogen-bond acceptors (Lipinski definition) is 3. The van der Waals surface area contributed by atoms with Gasteiger partial charge in [-0.05, 0) is 6.07 Å². The molecular formula is C17H15F2N3O. The minimum Gasteiger partial charge on any atom is -0.312 e. The van der Waals surface area contributed by atoms with Crippen LogP contribution in [-0.4, -0.2) is 20.3 Å². The van der Waals surface area contributed by atoms with Crippen molar-refractivity contribution in [1.29, 1.82) is 0 Å². The maximum absolute atomic E-state index is 12.8. The van der Waals surface area contributed by atoms with Gasteiger partial charge in [-0.2, -0.15) is 0 Å². The summed E-state index contributed by atoms with van der Waals surface area (Å²) in [5.41, 5.74) is 1.98. The van der Waals surface area contributed by atoms with Gasteiger partial charge in [0.15, 0.2) is 11.4 Å². The van der Waals surface area contributed by atoms with Gasteiger partial charge in [-0.15, -0.1) is 0 Å². The summed E-state index contributed by atoms with van der Waals surface area (Å²) in [5.74, 6) is 0.546. The van der Waals surface area contributed by atoms with Crippen LogP contribution in [0.25, 0.3) is 22.6 Å². The maximum atomic E-state index is 12.8. The van der Waals surface area contributed by atoms with Crippen molar-refractivity contribution in [2.75, 3.05) is 0 Å². The Balaban J connectivity index is 2.21. The molecule has 0 spiro atoms. The van der Waals surface area contributed by atoms with Crippen molar-refractivity contribution < 1.29 is 13.6 Å². The van der Waals surface area contributed by atoms with E-state index in [1.165, 1.54) is 6.07 Å². The largest absolute Gasteiger partial charge is 0.312 e. The predicted molar refractivity (Wildman–Crippen MR) is 83.5 cm³/mol. The lowest BCUT2D eigenvalue weighted by Crippen LogP contribution is -2.02. The molecule has 0 radical (unpaired) electrons. The molecule has 0 aliphatic rings. The van der Waals surface area contributed by atoms with E-state index in [9.17, 15) is 13.6 Å². The van der Waals surface area contributed by atoms with Crippen molar-refractivity contribution in [3.8, 4) is 11.4 Å². The highest BCUT2D eigenvalue weighted by Crippen LogP contribution is 2.28. The van der Waals surface area contributed by atoms with E-state index < -0.39 is 6.43 Å². The minimum absolute atomic E-state index is 0.00823. The Hall–Kier alpha value is -2.63. The van der Waals surface area contributed by atoms with E-state index in [2.05, 4.69) is 9.97 Å². The monoisotopic (exact) mass is 315 g/mol. The van der Waals surface area contributed by atoms with Gasteiger partial charge in [-0.1, -0.05) is 31.2 Å². The fourth-order valence-corrected chi connectivity index (χ4v) is 2.56. The molecule has 6 heteroatoms. The van der Waals surface area contributed by atoms with Crippen LogP contribution in [0.4, 0.5) is 8.78 Å². The number of aryl methyl sites for hydroxylation is 1. The zero-order valence-electron chi connectivity index (χ0n) is 12.8. The number of hydrogen-bond donors (Lipinski definition) is 0. The molecule has 0 aliphatic carbocycles. The third kappa shape index (κ3) is 2.60. The molecule has 0 saturated heterocycles.